The molecule has 1 N–H and O–H groups in total. The van der Waals surface area contributed by atoms with Crippen LogP contribution in [0.4, 0.5) is 5.69 Å². The van der Waals surface area contributed by atoms with Gasteiger partial charge in [-0.15, -0.1) is 0 Å². The predicted octanol–water partition coefficient (Wildman–Crippen LogP) is 1.48. The van der Waals surface area contributed by atoms with Gasteiger partial charge in [0.1, 0.15) is 5.75 Å². The molecule has 14 heavy (non-hydrogen) atoms. The third-order valence-electron chi connectivity index (χ3n) is 1.98. The highest BCUT2D eigenvalue weighted by molar-refractivity contribution is 6.54. The number of hydrogen-bond donors (Lipinski definition) is 1. The average Bonchev–Trinajstić information content (AvgIpc) is 2.43. The predicted molar refractivity (Wildman–Crippen MR) is 51.0 cm³/mol. The van der Waals surface area contributed by atoms with Gasteiger partial charge in [-0.3, -0.25) is 9.59 Å². The smallest absolute Gasteiger partial charge is 0.296 e. The van der Waals surface area contributed by atoms with Crippen LogP contribution in [0.2, 0.25) is 5.02 Å². The van der Waals surface area contributed by atoms with Crippen molar-refractivity contribution >= 4 is 29.0 Å². The van der Waals surface area contributed by atoms with E-state index in [0.29, 0.717) is 11.4 Å². The second-order valence-corrected chi connectivity index (χ2v) is 3.22. The van der Waals surface area contributed by atoms with E-state index in [9.17, 15) is 9.59 Å². The number of nitrogens with one attached hydrogen (secondary N) is 1. The first-order chi connectivity index (χ1) is 6.63. The fourth-order valence-corrected chi connectivity index (χ4v) is 1.62. The minimum absolute atomic E-state index is 0.220. The minimum atomic E-state index is -0.657. The summed E-state index contributed by atoms with van der Waals surface area (Å²) in [4.78, 5) is 22.3. The normalized spacial score (nSPS) is 13.9. The molecule has 0 atom stereocenters. The Labute approximate surface area is 84.8 Å². The standard InChI is InChI=1S/C9H6ClNO3/c1-14-4-2-5(10)7-6(3-4)11-9(13)8(7)12/h2-3H,1H3,(H,11,12,13). The zero-order valence-electron chi connectivity index (χ0n) is 7.26. The molecular formula is C9H6ClNO3. The molecule has 0 saturated heterocycles. The second-order valence-electron chi connectivity index (χ2n) is 2.82. The molecule has 2 rings (SSSR count). The Bertz CT molecular complexity index is 442. The maximum absolute atomic E-state index is 11.3. The van der Waals surface area contributed by atoms with Crippen LogP contribution in [-0.4, -0.2) is 18.8 Å². The highest BCUT2D eigenvalue weighted by atomic mass is 35.5. The van der Waals surface area contributed by atoms with Gasteiger partial charge in [-0.05, 0) is 6.07 Å². The van der Waals surface area contributed by atoms with Crippen LogP contribution >= 0.6 is 11.6 Å². The van der Waals surface area contributed by atoms with E-state index in [4.69, 9.17) is 16.3 Å². The van der Waals surface area contributed by atoms with Crippen molar-refractivity contribution in [1.29, 1.82) is 0 Å². The van der Waals surface area contributed by atoms with Crippen LogP contribution in [0.3, 0.4) is 0 Å². The van der Waals surface area contributed by atoms with Crippen molar-refractivity contribution in [2.24, 2.45) is 0 Å². The Morgan fingerprint density at radius 2 is 2.07 bits per heavy atom. The molecule has 1 amide bonds. The third kappa shape index (κ3) is 1.15. The zero-order chi connectivity index (χ0) is 10.3. The topological polar surface area (TPSA) is 55.4 Å². The van der Waals surface area contributed by atoms with Gasteiger partial charge < -0.3 is 10.1 Å². The van der Waals surface area contributed by atoms with Gasteiger partial charge >= 0.3 is 0 Å². The van der Waals surface area contributed by atoms with Crippen LogP contribution in [0, 0.1) is 0 Å². The molecule has 0 saturated carbocycles. The first-order valence-corrected chi connectivity index (χ1v) is 4.24. The maximum Gasteiger partial charge on any atom is 0.296 e. The number of benzene rings is 1. The van der Waals surface area contributed by atoms with E-state index < -0.39 is 11.7 Å². The van der Waals surface area contributed by atoms with E-state index in [-0.39, 0.29) is 10.6 Å². The molecule has 72 valence electrons. The molecule has 4 nitrogen and oxygen atoms in total. The lowest BCUT2D eigenvalue weighted by atomic mass is 10.1. The molecule has 1 heterocycles. The summed E-state index contributed by atoms with van der Waals surface area (Å²) in [5.41, 5.74) is 0.627. The van der Waals surface area contributed by atoms with Gasteiger partial charge in [-0.2, -0.15) is 0 Å². The van der Waals surface area contributed by atoms with Crippen LogP contribution in [0.25, 0.3) is 0 Å². The van der Waals surface area contributed by atoms with Gasteiger partial charge in [0.25, 0.3) is 11.7 Å². The molecule has 0 bridgehead atoms. The number of anilines is 1. The van der Waals surface area contributed by atoms with Crippen molar-refractivity contribution in [3.05, 3.63) is 22.7 Å². The van der Waals surface area contributed by atoms with Crippen molar-refractivity contribution < 1.29 is 14.3 Å². The molecular weight excluding hydrogens is 206 g/mol. The van der Waals surface area contributed by atoms with Crippen LogP contribution in [0.15, 0.2) is 12.1 Å². The Balaban J connectivity index is 2.63. The van der Waals surface area contributed by atoms with Crippen molar-refractivity contribution in [3.8, 4) is 5.75 Å². The van der Waals surface area contributed by atoms with Crippen molar-refractivity contribution in [1.82, 2.24) is 0 Å². The summed E-state index contributed by atoms with van der Waals surface area (Å²) in [6, 6.07) is 3.06. The van der Waals surface area contributed by atoms with E-state index in [1.165, 1.54) is 13.2 Å². The van der Waals surface area contributed by atoms with Gasteiger partial charge in [-0.25, -0.2) is 0 Å². The molecule has 0 fully saturated rings. The number of halogens is 1. The monoisotopic (exact) mass is 211 g/mol. The number of rotatable bonds is 1. The zero-order valence-corrected chi connectivity index (χ0v) is 8.01. The SMILES string of the molecule is COc1cc(Cl)c2c(c1)NC(=O)C2=O. The molecule has 1 aliphatic heterocycles. The van der Waals surface area contributed by atoms with E-state index in [1.54, 1.807) is 6.07 Å². The summed E-state index contributed by atoms with van der Waals surface area (Å²) in [6.07, 6.45) is 0. The summed E-state index contributed by atoms with van der Waals surface area (Å²) < 4.78 is 4.94. The summed E-state index contributed by atoms with van der Waals surface area (Å²) in [7, 11) is 1.48. The quantitative estimate of drug-likeness (QED) is 0.716. The lowest BCUT2D eigenvalue weighted by Gasteiger charge is -2.03. The van der Waals surface area contributed by atoms with Crippen LogP contribution in [0.1, 0.15) is 10.4 Å². The molecule has 0 unspecified atom stereocenters. The molecule has 0 spiro atoms. The number of carbonyl (C=O) groups is 2. The number of carbonyl (C=O) groups excluding carboxylic acids is 2. The number of ether oxygens (including phenoxy) is 1. The van der Waals surface area contributed by atoms with Gasteiger partial charge in [0.2, 0.25) is 0 Å². The van der Waals surface area contributed by atoms with Crippen LogP contribution in [0.5, 0.6) is 5.75 Å². The molecule has 0 aliphatic carbocycles. The fourth-order valence-electron chi connectivity index (χ4n) is 1.32. The second kappa shape index (κ2) is 2.99. The highest BCUT2D eigenvalue weighted by Crippen LogP contribution is 2.34. The summed E-state index contributed by atoms with van der Waals surface area (Å²) in [6.45, 7) is 0. The lowest BCUT2D eigenvalue weighted by Crippen LogP contribution is -2.12. The molecule has 0 radical (unpaired) electrons. The van der Waals surface area contributed by atoms with Crippen molar-refractivity contribution in [2.75, 3.05) is 12.4 Å². The molecule has 1 aromatic carbocycles. The number of ketones is 1. The van der Waals surface area contributed by atoms with Gasteiger partial charge in [0, 0.05) is 6.07 Å². The maximum atomic E-state index is 11.3. The lowest BCUT2D eigenvalue weighted by molar-refractivity contribution is -0.112. The van der Waals surface area contributed by atoms with Gasteiger partial charge in [0.05, 0.1) is 23.4 Å². The first kappa shape index (κ1) is 9.02. The number of fused-ring (bicyclic) bond motifs is 1. The Morgan fingerprint density at radius 3 is 2.71 bits per heavy atom. The van der Waals surface area contributed by atoms with Gasteiger partial charge in [0.15, 0.2) is 0 Å². The van der Waals surface area contributed by atoms with Crippen LogP contribution in [-0.2, 0) is 4.79 Å². The van der Waals surface area contributed by atoms with Crippen molar-refractivity contribution in [3.63, 3.8) is 0 Å². The van der Waals surface area contributed by atoms with Crippen LogP contribution < -0.4 is 10.1 Å². The first-order valence-electron chi connectivity index (χ1n) is 3.86. The fraction of sp³-hybridized carbons (Fsp3) is 0.111. The third-order valence-corrected chi connectivity index (χ3v) is 2.28. The summed E-state index contributed by atoms with van der Waals surface area (Å²) in [5, 5.41) is 2.63. The van der Waals surface area contributed by atoms with Gasteiger partial charge in [-0.1, -0.05) is 11.6 Å². The van der Waals surface area contributed by atoms with E-state index in [1.807, 2.05) is 0 Å². The average molecular weight is 212 g/mol. The largest absolute Gasteiger partial charge is 0.497 e. The van der Waals surface area contributed by atoms with Crippen molar-refractivity contribution in [2.45, 2.75) is 0 Å². The molecule has 5 heteroatoms. The summed E-state index contributed by atoms with van der Waals surface area (Å²) >= 11 is 5.82. The molecule has 0 aromatic heterocycles. The number of Topliss-reactive ketones (excluding diaryl/α,β-unsaturated/α-hetero) is 1. The highest BCUT2D eigenvalue weighted by Gasteiger charge is 2.30. The Kier molecular flexibility index (Phi) is 1.93. The Morgan fingerprint density at radius 1 is 1.36 bits per heavy atom. The summed E-state index contributed by atoms with van der Waals surface area (Å²) in [5.74, 6) is -0.758. The van der Waals surface area contributed by atoms with E-state index in [0.717, 1.165) is 0 Å². The minimum Gasteiger partial charge on any atom is -0.497 e. The number of amides is 1. The Hall–Kier alpha value is -1.55. The van der Waals surface area contributed by atoms with E-state index in [2.05, 4.69) is 5.32 Å². The van der Waals surface area contributed by atoms with E-state index >= 15 is 0 Å². The number of methoxy groups -OCH3 is 1. The molecule has 1 aliphatic rings. The molecule has 1 aromatic rings. The number of hydrogen-bond acceptors (Lipinski definition) is 3.